The highest BCUT2D eigenvalue weighted by atomic mass is 32.1. The van der Waals surface area contributed by atoms with Gasteiger partial charge in [-0.3, -0.25) is 4.57 Å². The molecule has 0 saturated carbocycles. The van der Waals surface area contributed by atoms with Crippen LogP contribution in [0.3, 0.4) is 0 Å². The smallest absolute Gasteiger partial charge is 0.225 e. The predicted molar refractivity (Wildman–Crippen MR) is 61.7 cm³/mol. The number of nitrogens with zero attached hydrogens (tertiary/aromatic N) is 5. The third-order valence-corrected chi connectivity index (χ3v) is 3.25. The average Bonchev–Trinajstić information content (AvgIpc) is 2.86. The van der Waals surface area contributed by atoms with Crippen LogP contribution < -0.4 is 4.90 Å². The molecule has 0 bridgehead atoms. The Morgan fingerprint density at radius 1 is 1.44 bits per heavy atom. The Hall–Kier alpha value is -1.63. The van der Waals surface area contributed by atoms with Crippen molar-refractivity contribution in [3.63, 3.8) is 0 Å². The molecular weight excluding hydrogens is 224 g/mol. The lowest BCUT2D eigenvalue weighted by Crippen LogP contribution is -2.35. The van der Waals surface area contributed by atoms with Crippen molar-refractivity contribution < 1.29 is 0 Å². The fourth-order valence-electron chi connectivity index (χ4n) is 1.97. The van der Waals surface area contributed by atoms with Crippen molar-refractivity contribution in [1.82, 2.24) is 24.3 Å². The van der Waals surface area contributed by atoms with Gasteiger partial charge in [-0.05, 0) is 12.2 Å². The van der Waals surface area contributed by atoms with Gasteiger partial charge in [-0.25, -0.2) is 10.1 Å². The van der Waals surface area contributed by atoms with Crippen LogP contribution in [0.2, 0.25) is 0 Å². The topological polar surface area (TPSA) is 54.7 Å². The van der Waals surface area contributed by atoms with Gasteiger partial charge in [0.15, 0.2) is 4.77 Å². The van der Waals surface area contributed by atoms with Gasteiger partial charge in [0, 0.05) is 32.5 Å². The Morgan fingerprint density at radius 3 is 3.06 bits per heavy atom. The molecule has 7 heteroatoms. The molecule has 16 heavy (non-hydrogen) atoms. The number of anilines is 1. The Kier molecular flexibility index (Phi) is 2.06. The van der Waals surface area contributed by atoms with Gasteiger partial charge < -0.3 is 9.47 Å². The normalized spacial score (nSPS) is 15.2. The molecule has 0 fully saturated rings. The Morgan fingerprint density at radius 2 is 2.31 bits per heavy atom. The fourth-order valence-corrected chi connectivity index (χ4v) is 2.09. The molecule has 0 aliphatic carbocycles. The molecule has 6 nitrogen and oxygen atoms in total. The maximum Gasteiger partial charge on any atom is 0.225 e. The molecule has 3 heterocycles. The zero-order chi connectivity index (χ0) is 11.1. The highest BCUT2D eigenvalue weighted by molar-refractivity contribution is 7.71. The highest BCUT2D eigenvalue weighted by Gasteiger charge is 2.20. The first-order valence-corrected chi connectivity index (χ1v) is 5.53. The van der Waals surface area contributed by atoms with Gasteiger partial charge in [-0.2, -0.15) is 0 Å². The summed E-state index contributed by atoms with van der Waals surface area (Å²) in [5.41, 5.74) is 0. The second-order valence-electron chi connectivity index (χ2n) is 3.85. The monoisotopic (exact) mass is 236 g/mol. The highest BCUT2D eigenvalue weighted by Crippen LogP contribution is 2.17. The molecular formula is C9H12N6S. The lowest BCUT2D eigenvalue weighted by atomic mass is 10.4. The van der Waals surface area contributed by atoms with Gasteiger partial charge in [-0.1, -0.05) is 0 Å². The first kappa shape index (κ1) is 9.59. The lowest BCUT2D eigenvalue weighted by Gasteiger charge is -2.27. The standard InChI is InChI=1S/C9H12N6S/c1-13-8(11-12-9(13)16)15-5-4-14-3-2-10-7(14)6-15/h2-3H,4-6H2,1H3,(H,12,16). The number of imidazole rings is 1. The summed E-state index contributed by atoms with van der Waals surface area (Å²) in [6.45, 7) is 2.65. The largest absolute Gasteiger partial charge is 0.332 e. The summed E-state index contributed by atoms with van der Waals surface area (Å²) in [7, 11) is 1.92. The van der Waals surface area contributed by atoms with Crippen molar-refractivity contribution in [1.29, 1.82) is 0 Å². The van der Waals surface area contributed by atoms with E-state index in [-0.39, 0.29) is 0 Å². The molecule has 0 unspecified atom stereocenters. The average molecular weight is 236 g/mol. The van der Waals surface area contributed by atoms with Crippen LogP contribution in [0.5, 0.6) is 0 Å². The predicted octanol–water partition coefficient (Wildman–Crippen LogP) is 0.694. The molecule has 84 valence electrons. The summed E-state index contributed by atoms with van der Waals surface area (Å²) < 4.78 is 4.69. The summed E-state index contributed by atoms with van der Waals surface area (Å²) in [6.07, 6.45) is 3.84. The first-order valence-electron chi connectivity index (χ1n) is 5.12. The molecule has 0 radical (unpaired) electrons. The van der Waals surface area contributed by atoms with Crippen LogP contribution in [0.1, 0.15) is 5.82 Å². The molecule has 3 rings (SSSR count). The maximum atomic E-state index is 5.10. The summed E-state index contributed by atoms with van der Waals surface area (Å²) in [5.74, 6) is 1.94. The molecule has 0 aromatic carbocycles. The Bertz CT molecular complexity index is 565. The molecule has 0 atom stereocenters. The number of hydrogen-bond donors (Lipinski definition) is 1. The van der Waals surface area contributed by atoms with Crippen LogP contribution in [0.25, 0.3) is 0 Å². The molecule has 1 aliphatic heterocycles. The number of aromatic amines is 1. The van der Waals surface area contributed by atoms with E-state index in [1.54, 1.807) is 0 Å². The number of hydrogen-bond acceptors (Lipinski definition) is 4. The van der Waals surface area contributed by atoms with E-state index in [1.807, 2.05) is 24.0 Å². The molecule has 0 amide bonds. The molecule has 1 aliphatic rings. The van der Waals surface area contributed by atoms with E-state index in [4.69, 9.17) is 12.2 Å². The number of rotatable bonds is 1. The maximum absolute atomic E-state index is 5.10. The quantitative estimate of drug-likeness (QED) is 0.740. The van der Waals surface area contributed by atoms with Crippen molar-refractivity contribution in [2.75, 3.05) is 11.4 Å². The van der Waals surface area contributed by atoms with Crippen molar-refractivity contribution >= 4 is 18.2 Å². The van der Waals surface area contributed by atoms with Crippen LogP contribution in [-0.2, 0) is 20.1 Å². The number of aromatic nitrogens is 5. The number of H-pyrrole nitrogens is 1. The van der Waals surface area contributed by atoms with E-state index in [2.05, 4.69) is 24.6 Å². The second-order valence-corrected chi connectivity index (χ2v) is 4.23. The van der Waals surface area contributed by atoms with Gasteiger partial charge >= 0.3 is 0 Å². The fraction of sp³-hybridized carbons (Fsp3) is 0.444. The van der Waals surface area contributed by atoms with Crippen LogP contribution >= 0.6 is 12.2 Å². The Labute approximate surface area is 97.5 Å². The molecule has 1 N–H and O–H groups in total. The van der Waals surface area contributed by atoms with Crippen LogP contribution in [-0.4, -0.2) is 30.9 Å². The van der Waals surface area contributed by atoms with Gasteiger partial charge in [0.2, 0.25) is 5.95 Å². The van der Waals surface area contributed by atoms with Crippen molar-refractivity contribution in [2.24, 2.45) is 7.05 Å². The zero-order valence-corrected chi connectivity index (χ0v) is 9.74. The van der Waals surface area contributed by atoms with E-state index < -0.39 is 0 Å². The minimum absolute atomic E-state index is 0.643. The van der Waals surface area contributed by atoms with Gasteiger partial charge in [0.25, 0.3) is 0 Å². The van der Waals surface area contributed by atoms with Gasteiger partial charge in [0.05, 0.1) is 6.54 Å². The van der Waals surface area contributed by atoms with Gasteiger partial charge in [-0.15, -0.1) is 5.10 Å². The minimum Gasteiger partial charge on any atom is -0.332 e. The molecule has 0 saturated heterocycles. The molecule has 2 aromatic heterocycles. The second kappa shape index (κ2) is 3.44. The van der Waals surface area contributed by atoms with Crippen molar-refractivity contribution in [2.45, 2.75) is 13.1 Å². The van der Waals surface area contributed by atoms with E-state index in [9.17, 15) is 0 Å². The van der Waals surface area contributed by atoms with Gasteiger partial charge in [0.1, 0.15) is 5.82 Å². The minimum atomic E-state index is 0.643. The van der Waals surface area contributed by atoms with Crippen LogP contribution in [0, 0.1) is 4.77 Å². The zero-order valence-electron chi connectivity index (χ0n) is 8.92. The SMILES string of the molecule is Cn1c(N2CCn3ccnc3C2)n[nH]c1=S. The Balaban J connectivity index is 1.94. The van der Waals surface area contributed by atoms with Crippen molar-refractivity contribution in [3.8, 4) is 0 Å². The number of nitrogens with one attached hydrogen (secondary N) is 1. The third kappa shape index (κ3) is 1.35. The van der Waals surface area contributed by atoms with E-state index in [0.29, 0.717) is 4.77 Å². The summed E-state index contributed by atoms with van der Waals surface area (Å²) in [4.78, 5) is 6.49. The van der Waals surface area contributed by atoms with Crippen molar-refractivity contribution in [3.05, 3.63) is 23.0 Å². The third-order valence-electron chi connectivity index (χ3n) is 2.88. The van der Waals surface area contributed by atoms with Crippen LogP contribution in [0.15, 0.2) is 12.4 Å². The van der Waals surface area contributed by atoms with E-state index in [0.717, 1.165) is 31.4 Å². The summed E-state index contributed by atoms with van der Waals surface area (Å²) >= 11 is 5.10. The van der Waals surface area contributed by atoms with E-state index >= 15 is 0 Å². The lowest BCUT2D eigenvalue weighted by molar-refractivity contribution is 0.545. The first-order chi connectivity index (χ1) is 7.75. The number of fused-ring (bicyclic) bond motifs is 1. The summed E-state index contributed by atoms with van der Waals surface area (Å²) in [6, 6.07) is 0. The molecule has 0 spiro atoms. The summed E-state index contributed by atoms with van der Waals surface area (Å²) in [5, 5.41) is 7.03. The molecule has 2 aromatic rings. The van der Waals surface area contributed by atoms with E-state index in [1.165, 1.54) is 0 Å². The van der Waals surface area contributed by atoms with Crippen LogP contribution in [0.4, 0.5) is 5.95 Å².